The Morgan fingerprint density at radius 3 is 2.71 bits per heavy atom. The smallest absolute Gasteiger partial charge is 0.0954 e. The molecule has 2 aromatic rings. The predicted octanol–water partition coefficient (Wildman–Crippen LogP) is 3.52. The van der Waals surface area contributed by atoms with Gasteiger partial charge in [-0.15, -0.1) is 11.3 Å². The summed E-state index contributed by atoms with van der Waals surface area (Å²) in [7, 11) is 0. The third-order valence-corrected chi connectivity index (χ3v) is 4.15. The molecule has 0 saturated heterocycles. The quantitative estimate of drug-likeness (QED) is 0.883. The summed E-state index contributed by atoms with van der Waals surface area (Å²) in [5, 5.41) is 1.15. The molecule has 2 nitrogen and oxygen atoms in total. The van der Waals surface area contributed by atoms with Crippen molar-refractivity contribution in [2.75, 3.05) is 0 Å². The number of benzene rings is 1. The van der Waals surface area contributed by atoms with Crippen LogP contribution in [0.1, 0.15) is 31.3 Å². The third-order valence-electron chi connectivity index (χ3n) is 3.09. The SMILES string of the molecule is Cc1ccc2sc(CC(N)C(C)(C)C)nc2c1. The lowest BCUT2D eigenvalue weighted by Gasteiger charge is -2.26. The van der Waals surface area contributed by atoms with Crippen molar-refractivity contribution in [1.82, 2.24) is 4.98 Å². The van der Waals surface area contributed by atoms with E-state index in [0.29, 0.717) is 0 Å². The molecule has 17 heavy (non-hydrogen) atoms. The molecule has 3 heteroatoms. The third kappa shape index (κ3) is 2.85. The van der Waals surface area contributed by atoms with Crippen molar-refractivity contribution >= 4 is 21.6 Å². The van der Waals surface area contributed by atoms with Gasteiger partial charge in [-0.3, -0.25) is 0 Å². The highest BCUT2D eigenvalue weighted by atomic mass is 32.1. The first-order valence-electron chi connectivity index (χ1n) is 5.98. The summed E-state index contributed by atoms with van der Waals surface area (Å²) >= 11 is 1.76. The van der Waals surface area contributed by atoms with Gasteiger partial charge in [-0.1, -0.05) is 26.8 Å². The lowest BCUT2D eigenvalue weighted by Crippen LogP contribution is -2.36. The standard InChI is InChI=1S/C14H20N2S/c1-9-5-6-11-10(7-9)16-13(17-11)8-12(15)14(2,3)4/h5-7,12H,8,15H2,1-4H3. The van der Waals surface area contributed by atoms with Gasteiger partial charge < -0.3 is 5.73 Å². The number of rotatable bonds is 2. The lowest BCUT2D eigenvalue weighted by atomic mass is 9.86. The Morgan fingerprint density at radius 2 is 2.06 bits per heavy atom. The fourth-order valence-corrected chi connectivity index (χ4v) is 2.67. The number of thiazole rings is 1. The number of hydrogen-bond acceptors (Lipinski definition) is 3. The van der Waals surface area contributed by atoms with Gasteiger partial charge in [0.2, 0.25) is 0 Å². The molecule has 2 N–H and O–H groups in total. The van der Waals surface area contributed by atoms with Crippen molar-refractivity contribution in [2.24, 2.45) is 11.1 Å². The summed E-state index contributed by atoms with van der Waals surface area (Å²) in [4.78, 5) is 4.67. The Kier molecular flexibility index (Phi) is 3.23. The fraction of sp³-hybridized carbons (Fsp3) is 0.500. The average molecular weight is 248 g/mol. The number of nitrogens with zero attached hydrogens (tertiary/aromatic N) is 1. The zero-order valence-corrected chi connectivity index (χ0v) is 11.8. The van der Waals surface area contributed by atoms with Crippen LogP contribution in [0.25, 0.3) is 10.2 Å². The molecule has 1 unspecified atom stereocenters. The van der Waals surface area contributed by atoms with Crippen molar-refractivity contribution in [3.8, 4) is 0 Å². The molecule has 0 spiro atoms. The van der Waals surface area contributed by atoms with Crippen LogP contribution in [0.4, 0.5) is 0 Å². The minimum Gasteiger partial charge on any atom is -0.327 e. The number of fused-ring (bicyclic) bond motifs is 1. The zero-order valence-electron chi connectivity index (χ0n) is 10.9. The fourth-order valence-electron chi connectivity index (χ4n) is 1.67. The second kappa shape index (κ2) is 4.39. The Morgan fingerprint density at radius 1 is 1.35 bits per heavy atom. The van der Waals surface area contributed by atoms with Crippen LogP contribution in [0.3, 0.4) is 0 Å². The molecule has 0 amide bonds. The molecule has 1 atom stereocenters. The van der Waals surface area contributed by atoms with Gasteiger partial charge in [0.15, 0.2) is 0 Å². The monoisotopic (exact) mass is 248 g/mol. The molecule has 0 aliphatic carbocycles. The summed E-state index contributed by atoms with van der Waals surface area (Å²) in [6.07, 6.45) is 0.863. The van der Waals surface area contributed by atoms with Gasteiger partial charge >= 0.3 is 0 Å². The maximum atomic E-state index is 6.20. The Balaban J connectivity index is 2.25. The first-order chi connectivity index (χ1) is 7.86. The second-order valence-corrected chi connectivity index (χ2v) is 6.87. The Labute approximate surface area is 107 Å². The summed E-state index contributed by atoms with van der Waals surface area (Å²) in [5.41, 5.74) is 8.70. The highest BCUT2D eigenvalue weighted by molar-refractivity contribution is 7.18. The summed E-state index contributed by atoms with van der Waals surface area (Å²) < 4.78 is 1.26. The number of nitrogens with two attached hydrogens (primary N) is 1. The van der Waals surface area contributed by atoms with E-state index in [1.54, 1.807) is 11.3 Å². The first kappa shape index (κ1) is 12.5. The van der Waals surface area contributed by atoms with E-state index in [1.165, 1.54) is 10.3 Å². The second-order valence-electron chi connectivity index (χ2n) is 5.76. The van der Waals surface area contributed by atoms with Gasteiger partial charge in [0, 0.05) is 12.5 Å². The Hall–Kier alpha value is -0.930. The molecule has 0 aliphatic rings. The largest absolute Gasteiger partial charge is 0.327 e. The van der Waals surface area contributed by atoms with E-state index in [-0.39, 0.29) is 11.5 Å². The normalized spacial score (nSPS) is 14.2. The molecule has 1 heterocycles. The molecule has 92 valence electrons. The van der Waals surface area contributed by atoms with E-state index in [1.807, 2.05) is 0 Å². The molecule has 0 fully saturated rings. The van der Waals surface area contributed by atoms with Crippen LogP contribution in [0, 0.1) is 12.3 Å². The first-order valence-corrected chi connectivity index (χ1v) is 6.79. The number of aryl methyl sites for hydroxylation is 1. The topological polar surface area (TPSA) is 38.9 Å². The van der Waals surface area contributed by atoms with E-state index in [0.717, 1.165) is 16.9 Å². The minimum absolute atomic E-state index is 0.133. The van der Waals surface area contributed by atoms with Crippen molar-refractivity contribution in [2.45, 2.75) is 40.2 Å². The number of aromatic nitrogens is 1. The maximum absolute atomic E-state index is 6.20. The highest BCUT2D eigenvalue weighted by Crippen LogP contribution is 2.27. The van der Waals surface area contributed by atoms with Gasteiger partial charge in [-0.25, -0.2) is 4.98 Å². The maximum Gasteiger partial charge on any atom is 0.0954 e. The predicted molar refractivity (Wildman–Crippen MR) is 75.5 cm³/mol. The lowest BCUT2D eigenvalue weighted by molar-refractivity contribution is 0.318. The molecule has 0 saturated carbocycles. The molecule has 0 radical (unpaired) electrons. The van der Waals surface area contributed by atoms with Crippen LogP contribution in [-0.4, -0.2) is 11.0 Å². The van der Waals surface area contributed by atoms with Crippen molar-refractivity contribution in [3.05, 3.63) is 28.8 Å². The van der Waals surface area contributed by atoms with Gasteiger partial charge in [0.1, 0.15) is 0 Å². The molecular formula is C14H20N2S. The van der Waals surface area contributed by atoms with Crippen LogP contribution >= 0.6 is 11.3 Å². The van der Waals surface area contributed by atoms with Gasteiger partial charge in [0.05, 0.1) is 15.2 Å². The van der Waals surface area contributed by atoms with Crippen molar-refractivity contribution in [1.29, 1.82) is 0 Å². The van der Waals surface area contributed by atoms with Crippen molar-refractivity contribution < 1.29 is 0 Å². The molecule has 1 aromatic carbocycles. The molecular weight excluding hydrogens is 228 g/mol. The number of hydrogen-bond donors (Lipinski definition) is 1. The van der Waals surface area contributed by atoms with Crippen LogP contribution in [-0.2, 0) is 6.42 Å². The van der Waals surface area contributed by atoms with Crippen molar-refractivity contribution in [3.63, 3.8) is 0 Å². The molecule has 2 rings (SSSR count). The van der Waals surface area contributed by atoms with E-state index in [4.69, 9.17) is 5.73 Å². The summed E-state index contributed by atoms with van der Waals surface area (Å²) in [5.74, 6) is 0. The van der Waals surface area contributed by atoms with Gasteiger partial charge in [0.25, 0.3) is 0 Å². The van der Waals surface area contributed by atoms with Gasteiger partial charge in [-0.2, -0.15) is 0 Å². The van der Waals surface area contributed by atoms with E-state index < -0.39 is 0 Å². The van der Waals surface area contributed by atoms with Crippen LogP contribution < -0.4 is 5.73 Å². The van der Waals surface area contributed by atoms with Crippen LogP contribution in [0.2, 0.25) is 0 Å². The van der Waals surface area contributed by atoms with Crippen LogP contribution in [0.5, 0.6) is 0 Å². The summed E-state index contributed by atoms with van der Waals surface area (Å²) in [6.45, 7) is 8.62. The Bertz CT molecular complexity index is 522. The summed E-state index contributed by atoms with van der Waals surface area (Å²) in [6, 6.07) is 6.57. The van der Waals surface area contributed by atoms with Crippen LogP contribution in [0.15, 0.2) is 18.2 Å². The molecule has 0 bridgehead atoms. The minimum atomic E-state index is 0.133. The van der Waals surface area contributed by atoms with E-state index in [9.17, 15) is 0 Å². The highest BCUT2D eigenvalue weighted by Gasteiger charge is 2.22. The molecule has 0 aliphatic heterocycles. The molecule has 1 aromatic heterocycles. The average Bonchev–Trinajstić information content (AvgIpc) is 2.57. The zero-order chi connectivity index (χ0) is 12.6. The van der Waals surface area contributed by atoms with E-state index >= 15 is 0 Å². The van der Waals surface area contributed by atoms with Gasteiger partial charge in [-0.05, 0) is 30.0 Å². The van der Waals surface area contributed by atoms with E-state index in [2.05, 4.69) is 50.9 Å².